The van der Waals surface area contributed by atoms with Gasteiger partial charge in [0.25, 0.3) is 0 Å². The first-order valence-corrected chi connectivity index (χ1v) is 6.15. The molecular formula is C12H26MgO4. The molecule has 0 aliphatic heterocycles. The third-order valence-electron chi connectivity index (χ3n) is 1.74. The topological polar surface area (TPSA) is 64.6 Å². The summed E-state index contributed by atoms with van der Waals surface area (Å²) in [5.74, 6) is 0. The summed E-state index contributed by atoms with van der Waals surface area (Å²) in [6, 6.07) is 0. The van der Waals surface area contributed by atoms with Gasteiger partial charge in [-0.15, -0.1) is 13.2 Å². The van der Waals surface area contributed by atoms with Crippen LogP contribution in [0.2, 0.25) is 0 Å². The molecule has 0 radical (unpaired) electrons. The van der Waals surface area contributed by atoms with Gasteiger partial charge in [0.1, 0.15) is 0 Å². The Kier molecular flexibility index (Phi) is 34.1. The Morgan fingerprint density at radius 3 is 1.29 bits per heavy atom. The zero-order valence-corrected chi connectivity index (χ0v) is 12.8. The van der Waals surface area contributed by atoms with Gasteiger partial charge < -0.3 is 19.7 Å². The fourth-order valence-electron chi connectivity index (χ4n) is 0.815. The minimum atomic E-state index is -0.107. The zero-order chi connectivity index (χ0) is 12.5. The van der Waals surface area contributed by atoms with Crippen molar-refractivity contribution in [1.29, 1.82) is 0 Å². The van der Waals surface area contributed by atoms with Crippen LogP contribution >= 0.6 is 0 Å². The van der Waals surface area contributed by atoms with Gasteiger partial charge >= 0.3 is 23.1 Å². The van der Waals surface area contributed by atoms with Crippen molar-refractivity contribution in [3.63, 3.8) is 0 Å². The fourth-order valence-corrected chi connectivity index (χ4v) is 0.815. The molecular weight excluding hydrogens is 232 g/mol. The maximum atomic E-state index is 9.77. The molecule has 4 nitrogen and oxygen atoms in total. The van der Waals surface area contributed by atoms with Crippen molar-refractivity contribution in [2.45, 2.75) is 39.5 Å². The van der Waals surface area contributed by atoms with Crippen LogP contribution in [0.15, 0.2) is 0 Å². The summed E-state index contributed by atoms with van der Waals surface area (Å²) in [7, 11) is 0. The first-order valence-electron chi connectivity index (χ1n) is 6.15. The van der Waals surface area contributed by atoms with E-state index in [2.05, 4.69) is 13.8 Å². The van der Waals surface area contributed by atoms with E-state index in [1.807, 2.05) is 0 Å². The molecule has 0 aliphatic carbocycles. The predicted octanol–water partition coefficient (Wildman–Crippen LogP) is -0.0540. The van der Waals surface area contributed by atoms with Gasteiger partial charge in [-0.2, -0.15) is 0 Å². The quantitative estimate of drug-likeness (QED) is 0.407. The average molecular weight is 259 g/mol. The minimum absolute atomic E-state index is 0. The Morgan fingerprint density at radius 2 is 1.06 bits per heavy atom. The summed E-state index contributed by atoms with van der Waals surface area (Å²) >= 11 is 0. The average Bonchev–Trinajstić information content (AvgIpc) is 2.31. The fraction of sp³-hybridized carbons (Fsp3) is 1.00. The first-order chi connectivity index (χ1) is 7.83. The van der Waals surface area contributed by atoms with Crippen molar-refractivity contribution in [1.82, 2.24) is 0 Å². The third kappa shape index (κ3) is 31.5. The summed E-state index contributed by atoms with van der Waals surface area (Å²) in [6.07, 6.45) is 4.41. The van der Waals surface area contributed by atoms with Crippen LogP contribution in [0.4, 0.5) is 0 Å². The molecule has 0 heterocycles. The summed E-state index contributed by atoms with van der Waals surface area (Å²) in [6.45, 7) is 6.23. The molecule has 0 aromatic heterocycles. The third-order valence-corrected chi connectivity index (χ3v) is 1.74. The van der Waals surface area contributed by atoms with Gasteiger partial charge in [-0.25, -0.2) is 0 Å². The van der Waals surface area contributed by atoms with Gasteiger partial charge in [0.15, 0.2) is 0 Å². The Labute approximate surface area is 122 Å². The summed E-state index contributed by atoms with van der Waals surface area (Å²) in [5, 5.41) is 19.5. The van der Waals surface area contributed by atoms with E-state index in [9.17, 15) is 10.2 Å². The van der Waals surface area contributed by atoms with Gasteiger partial charge in [0, 0.05) is 26.4 Å². The maximum absolute atomic E-state index is 9.77. The van der Waals surface area contributed by atoms with Crippen LogP contribution in [0.1, 0.15) is 39.5 Å². The number of hydrogen-bond acceptors (Lipinski definition) is 4. The maximum Gasteiger partial charge on any atom is 2.00 e. The van der Waals surface area contributed by atoms with Crippen molar-refractivity contribution in [2.24, 2.45) is 0 Å². The molecule has 0 saturated heterocycles. The standard InChI is InChI=1S/2C6H13O2.Mg/c2*1-2-3-5-8-6-4-7;/h2*2-6H2,1H3;/q2*-1;+2. The van der Waals surface area contributed by atoms with Crippen molar-refractivity contribution in [3.05, 3.63) is 0 Å². The Morgan fingerprint density at radius 1 is 0.706 bits per heavy atom. The van der Waals surface area contributed by atoms with Gasteiger partial charge in [-0.3, -0.25) is 0 Å². The van der Waals surface area contributed by atoms with E-state index in [0.717, 1.165) is 38.9 Å². The second-order valence-corrected chi connectivity index (χ2v) is 3.34. The monoisotopic (exact) mass is 258 g/mol. The molecule has 0 atom stereocenters. The SMILES string of the molecule is CCCCOCC[O-].CCCCOCC[O-].[Mg+2]. The molecule has 0 rings (SSSR count). The van der Waals surface area contributed by atoms with Crippen LogP contribution in [0.3, 0.4) is 0 Å². The molecule has 0 aromatic rings. The minimum Gasteiger partial charge on any atom is -0.853 e. The van der Waals surface area contributed by atoms with E-state index in [1.54, 1.807) is 0 Å². The molecule has 0 fully saturated rings. The van der Waals surface area contributed by atoms with Crippen LogP contribution in [0.5, 0.6) is 0 Å². The summed E-state index contributed by atoms with van der Waals surface area (Å²) in [5.41, 5.74) is 0. The first kappa shape index (κ1) is 22.8. The molecule has 0 bridgehead atoms. The van der Waals surface area contributed by atoms with Crippen LogP contribution < -0.4 is 10.2 Å². The molecule has 0 amide bonds. The van der Waals surface area contributed by atoms with Crippen molar-refractivity contribution >= 4 is 23.1 Å². The van der Waals surface area contributed by atoms with E-state index in [-0.39, 0.29) is 36.3 Å². The molecule has 0 aromatic carbocycles. The Balaban J connectivity index is -0.000000218. The van der Waals surface area contributed by atoms with Gasteiger partial charge in [0.2, 0.25) is 0 Å². The van der Waals surface area contributed by atoms with Crippen LogP contribution in [-0.4, -0.2) is 62.7 Å². The number of rotatable bonds is 10. The Hall–Kier alpha value is 0.606. The molecule has 0 saturated carbocycles. The Bertz CT molecular complexity index is 80.5. The van der Waals surface area contributed by atoms with E-state index in [4.69, 9.17) is 9.47 Å². The van der Waals surface area contributed by atoms with Crippen LogP contribution in [-0.2, 0) is 9.47 Å². The van der Waals surface area contributed by atoms with Crippen LogP contribution in [0.25, 0.3) is 0 Å². The summed E-state index contributed by atoms with van der Waals surface area (Å²) < 4.78 is 9.82. The molecule has 0 aliphatic rings. The number of unbranched alkanes of at least 4 members (excludes halogenated alkanes) is 2. The zero-order valence-electron chi connectivity index (χ0n) is 11.4. The molecule has 0 spiro atoms. The van der Waals surface area contributed by atoms with E-state index in [1.165, 1.54) is 0 Å². The second kappa shape index (κ2) is 25.5. The van der Waals surface area contributed by atoms with Gasteiger partial charge in [-0.05, 0) is 12.8 Å². The molecule has 0 N–H and O–H groups in total. The van der Waals surface area contributed by atoms with Gasteiger partial charge in [-0.1, -0.05) is 26.7 Å². The predicted molar refractivity (Wildman–Crippen MR) is 66.9 cm³/mol. The molecule has 100 valence electrons. The molecule has 0 unspecified atom stereocenters. The number of ether oxygens (including phenoxy) is 2. The number of hydrogen-bond donors (Lipinski definition) is 0. The molecule has 17 heavy (non-hydrogen) atoms. The van der Waals surface area contributed by atoms with Crippen molar-refractivity contribution in [2.75, 3.05) is 39.6 Å². The second-order valence-electron chi connectivity index (χ2n) is 3.34. The van der Waals surface area contributed by atoms with E-state index >= 15 is 0 Å². The van der Waals surface area contributed by atoms with E-state index < -0.39 is 0 Å². The molecule has 5 heteroatoms. The van der Waals surface area contributed by atoms with Crippen molar-refractivity contribution < 1.29 is 19.7 Å². The smallest absolute Gasteiger partial charge is 0.853 e. The largest absolute Gasteiger partial charge is 2.00 e. The van der Waals surface area contributed by atoms with E-state index in [0.29, 0.717) is 13.2 Å². The van der Waals surface area contributed by atoms with Crippen molar-refractivity contribution in [3.8, 4) is 0 Å². The summed E-state index contributed by atoms with van der Waals surface area (Å²) in [4.78, 5) is 0. The normalized spacial score (nSPS) is 9.18. The van der Waals surface area contributed by atoms with Crippen LogP contribution in [0, 0.1) is 0 Å². The van der Waals surface area contributed by atoms with Gasteiger partial charge in [0.05, 0.1) is 0 Å².